The molecule has 76 valence electrons. The minimum Gasteiger partial charge on any atom is -0.351 e. The number of rotatable bonds is 3. The van der Waals surface area contributed by atoms with Gasteiger partial charge in [-0.05, 0) is 24.6 Å². The second-order valence-electron chi connectivity index (χ2n) is 3.02. The molecule has 0 heterocycles. The first-order chi connectivity index (χ1) is 6.59. The number of thiol groups is 1. The Bertz CT molecular complexity index is 310. The van der Waals surface area contributed by atoms with Gasteiger partial charge in [0, 0.05) is 6.54 Å². The van der Waals surface area contributed by atoms with Crippen molar-refractivity contribution in [3.63, 3.8) is 0 Å². The van der Waals surface area contributed by atoms with Gasteiger partial charge in [-0.1, -0.05) is 12.1 Å². The van der Waals surface area contributed by atoms with Gasteiger partial charge in [-0.15, -0.1) is 0 Å². The molecule has 0 saturated carbocycles. The summed E-state index contributed by atoms with van der Waals surface area (Å²) in [6.45, 7) is 2.10. The first kappa shape index (κ1) is 11.0. The molecule has 0 fully saturated rings. The van der Waals surface area contributed by atoms with Crippen molar-refractivity contribution in [2.75, 3.05) is 0 Å². The summed E-state index contributed by atoms with van der Waals surface area (Å²) in [6, 6.07) is 6.01. The van der Waals surface area contributed by atoms with Gasteiger partial charge in [0.15, 0.2) is 0 Å². The average molecular weight is 213 g/mol. The van der Waals surface area contributed by atoms with Gasteiger partial charge in [-0.25, -0.2) is 4.39 Å². The second kappa shape index (κ2) is 5.00. The van der Waals surface area contributed by atoms with Crippen LogP contribution in [0, 0.1) is 5.82 Å². The van der Waals surface area contributed by atoms with Crippen molar-refractivity contribution in [3.8, 4) is 0 Å². The molecular formula is C10H12FNOS. The monoisotopic (exact) mass is 213 g/mol. The fourth-order valence-electron chi connectivity index (χ4n) is 0.939. The van der Waals surface area contributed by atoms with E-state index in [9.17, 15) is 9.18 Å². The number of carbonyl (C=O) groups is 1. The van der Waals surface area contributed by atoms with Gasteiger partial charge in [0.1, 0.15) is 5.82 Å². The van der Waals surface area contributed by atoms with Crippen LogP contribution in [0.3, 0.4) is 0 Å². The van der Waals surface area contributed by atoms with E-state index in [1.54, 1.807) is 19.1 Å². The van der Waals surface area contributed by atoms with Crippen LogP contribution in [0.5, 0.6) is 0 Å². The molecule has 0 aliphatic rings. The third kappa shape index (κ3) is 3.38. The lowest BCUT2D eigenvalue weighted by molar-refractivity contribution is -0.120. The number of nitrogens with one attached hydrogen (secondary N) is 1. The Morgan fingerprint density at radius 1 is 1.50 bits per heavy atom. The Kier molecular flexibility index (Phi) is 3.95. The van der Waals surface area contributed by atoms with E-state index in [-0.39, 0.29) is 17.0 Å². The van der Waals surface area contributed by atoms with Crippen LogP contribution in [-0.4, -0.2) is 11.2 Å². The molecule has 0 aromatic heterocycles. The number of amides is 1. The molecule has 4 heteroatoms. The summed E-state index contributed by atoms with van der Waals surface area (Å²) in [5.74, 6) is -0.403. The number of benzene rings is 1. The molecule has 0 aliphatic heterocycles. The van der Waals surface area contributed by atoms with Gasteiger partial charge >= 0.3 is 0 Å². The van der Waals surface area contributed by atoms with Gasteiger partial charge in [-0.3, -0.25) is 4.79 Å². The molecule has 1 rings (SSSR count). The first-order valence-electron chi connectivity index (χ1n) is 4.30. The van der Waals surface area contributed by atoms with Crippen LogP contribution in [-0.2, 0) is 11.3 Å². The van der Waals surface area contributed by atoms with Crippen molar-refractivity contribution in [3.05, 3.63) is 35.6 Å². The lowest BCUT2D eigenvalue weighted by Crippen LogP contribution is -2.29. The second-order valence-corrected chi connectivity index (χ2v) is 3.79. The normalized spacial score (nSPS) is 12.2. The number of carbonyl (C=O) groups excluding carboxylic acids is 1. The van der Waals surface area contributed by atoms with Crippen LogP contribution in [0.2, 0.25) is 0 Å². The lowest BCUT2D eigenvalue weighted by Gasteiger charge is -2.06. The summed E-state index contributed by atoms with van der Waals surface area (Å²) < 4.78 is 12.5. The average Bonchev–Trinajstić information content (AvgIpc) is 2.16. The molecule has 2 nitrogen and oxygen atoms in total. The molecule has 0 radical (unpaired) electrons. The summed E-state index contributed by atoms with van der Waals surface area (Å²) in [5, 5.41) is 2.36. The van der Waals surface area contributed by atoms with Crippen LogP contribution in [0.1, 0.15) is 12.5 Å². The molecular weight excluding hydrogens is 201 g/mol. The van der Waals surface area contributed by atoms with Crippen molar-refractivity contribution in [2.45, 2.75) is 18.7 Å². The summed E-state index contributed by atoms with van der Waals surface area (Å²) in [4.78, 5) is 11.1. The highest BCUT2D eigenvalue weighted by molar-refractivity contribution is 7.81. The third-order valence-electron chi connectivity index (χ3n) is 1.76. The summed E-state index contributed by atoms with van der Waals surface area (Å²) in [6.07, 6.45) is 0. The molecule has 1 unspecified atom stereocenters. The Morgan fingerprint density at radius 3 is 2.57 bits per heavy atom. The number of halogens is 1. The summed E-state index contributed by atoms with van der Waals surface area (Å²) in [5.41, 5.74) is 0.869. The van der Waals surface area contributed by atoms with E-state index in [2.05, 4.69) is 17.9 Å². The summed E-state index contributed by atoms with van der Waals surface area (Å²) >= 11 is 3.98. The van der Waals surface area contributed by atoms with E-state index in [1.165, 1.54) is 12.1 Å². The van der Waals surface area contributed by atoms with E-state index in [0.717, 1.165) is 5.56 Å². The maximum Gasteiger partial charge on any atom is 0.232 e. The number of hydrogen-bond acceptors (Lipinski definition) is 2. The fourth-order valence-corrected chi connectivity index (χ4v) is 1.03. The van der Waals surface area contributed by atoms with E-state index in [1.807, 2.05) is 0 Å². The van der Waals surface area contributed by atoms with Gasteiger partial charge in [-0.2, -0.15) is 12.6 Å². The Labute approximate surface area is 87.9 Å². The van der Waals surface area contributed by atoms with E-state index in [4.69, 9.17) is 0 Å². The Hall–Kier alpha value is -1.03. The van der Waals surface area contributed by atoms with Crippen LogP contribution in [0.15, 0.2) is 24.3 Å². The quantitative estimate of drug-likeness (QED) is 0.736. The zero-order valence-electron chi connectivity index (χ0n) is 7.83. The molecule has 0 aliphatic carbocycles. The molecule has 1 N–H and O–H groups in total. The largest absolute Gasteiger partial charge is 0.351 e. The van der Waals surface area contributed by atoms with Crippen molar-refractivity contribution in [2.24, 2.45) is 0 Å². The van der Waals surface area contributed by atoms with Gasteiger partial charge in [0.2, 0.25) is 5.91 Å². The van der Waals surface area contributed by atoms with Crippen molar-refractivity contribution in [1.82, 2.24) is 5.32 Å². The van der Waals surface area contributed by atoms with Crippen molar-refractivity contribution < 1.29 is 9.18 Å². The minimum absolute atomic E-state index is 0.127. The van der Waals surface area contributed by atoms with Crippen molar-refractivity contribution in [1.29, 1.82) is 0 Å². The molecule has 0 bridgehead atoms. The van der Waals surface area contributed by atoms with Crippen LogP contribution < -0.4 is 5.32 Å². The maximum atomic E-state index is 12.5. The molecule has 0 saturated heterocycles. The van der Waals surface area contributed by atoms with Crippen molar-refractivity contribution >= 4 is 18.5 Å². The van der Waals surface area contributed by atoms with Crippen LogP contribution in [0.4, 0.5) is 4.39 Å². The fraction of sp³-hybridized carbons (Fsp3) is 0.300. The highest BCUT2D eigenvalue weighted by Gasteiger charge is 2.06. The predicted octanol–water partition coefficient (Wildman–Crippen LogP) is 1.76. The summed E-state index contributed by atoms with van der Waals surface area (Å²) in [7, 11) is 0. The predicted molar refractivity (Wildman–Crippen MR) is 56.7 cm³/mol. The Morgan fingerprint density at radius 2 is 2.07 bits per heavy atom. The van der Waals surface area contributed by atoms with E-state index < -0.39 is 0 Å². The lowest BCUT2D eigenvalue weighted by atomic mass is 10.2. The zero-order chi connectivity index (χ0) is 10.6. The maximum absolute atomic E-state index is 12.5. The smallest absolute Gasteiger partial charge is 0.232 e. The zero-order valence-corrected chi connectivity index (χ0v) is 8.72. The van der Waals surface area contributed by atoms with Crippen LogP contribution in [0.25, 0.3) is 0 Å². The number of hydrogen-bond donors (Lipinski definition) is 2. The van der Waals surface area contributed by atoms with Gasteiger partial charge < -0.3 is 5.32 Å². The highest BCUT2D eigenvalue weighted by Crippen LogP contribution is 2.02. The van der Waals surface area contributed by atoms with E-state index >= 15 is 0 Å². The first-order valence-corrected chi connectivity index (χ1v) is 4.81. The van der Waals surface area contributed by atoms with Gasteiger partial charge in [0.05, 0.1) is 5.25 Å². The highest BCUT2D eigenvalue weighted by atomic mass is 32.1. The molecule has 0 spiro atoms. The minimum atomic E-state index is -0.324. The Balaban J connectivity index is 2.46. The molecule has 1 amide bonds. The topological polar surface area (TPSA) is 29.1 Å². The standard InChI is InChI=1S/C10H12FNOS/c1-7(14)10(13)12-6-8-2-4-9(11)5-3-8/h2-5,7,14H,6H2,1H3,(H,12,13). The van der Waals surface area contributed by atoms with Gasteiger partial charge in [0.25, 0.3) is 0 Å². The molecule has 1 aromatic carbocycles. The van der Waals surface area contributed by atoms with Crippen LogP contribution >= 0.6 is 12.6 Å². The SMILES string of the molecule is CC(S)C(=O)NCc1ccc(F)cc1. The third-order valence-corrected chi connectivity index (χ3v) is 1.99. The van der Waals surface area contributed by atoms with E-state index in [0.29, 0.717) is 6.54 Å². The molecule has 1 aromatic rings. The molecule has 1 atom stereocenters. The molecule has 14 heavy (non-hydrogen) atoms.